The Morgan fingerprint density at radius 2 is 2.12 bits per heavy atom. The molecule has 0 saturated heterocycles. The minimum absolute atomic E-state index is 0.127. The van der Waals surface area contributed by atoms with Crippen molar-refractivity contribution in [3.8, 4) is 0 Å². The van der Waals surface area contributed by atoms with Gasteiger partial charge in [-0.1, -0.05) is 18.7 Å². The number of likely N-dealkylation sites (N-methyl/N-ethyl adjacent to an activating group) is 1. The average molecular weight is 255 g/mol. The number of thioether (sulfide) groups is 1. The third-order valence-corrected chi connectivity index (χ3v) is 4.04. The molecule has 96 valence electrons. The number of rotatable bonds is 8. The molecule has 0 radical (unpaired) electrons. The van der Waals surface area contributed by atoms with Gasteiger partial charge in [0.2, 0.25) is 0 Å². The van der Waals surface area contributed by atoms with E-state index in [1.165, 1.54) is 0 Å². The van der Waals surface area contributed by atoms with E-state index in [-0.39, 0.29) is 12.1 Å². The van der Waals surface area contributed by atoms with Crippen LogP contribution in [0.4, 0.5) is 0 Å². The smallest absolute Gasteiger partial charge is 0.187 e. The molecule has 0 fully saturated rings. The zero-order chi connectivity index (χ0) is 12.6. The second-order valence-corrected chi connectivity index (χ2v) is 5.09. The summed E-state index contributed by atoms with van der Waals surface area (Å²) in [6, 6.07) is 1.82. The summed E-state index contributed by atoms with van der Waals surface area (Å²) in [6.45, 7) is 2.28. The van der Waals surface area contributed by atoms with Gasteiger partial charge >= 0.3 is 0 Å². The Balaban J connectivity index is 2.28. The van der Waals surface area contributed by atoms with E-state index in [9.17, 15) is 5.11 Å². The molecule has 1 aromatic heterocycles. The standard InChI is InChI=1S/C12H21N3OS/c1-3-12(10-16,13-2)6-4-9-17-11-14-7-5-8-15-11/h5,7-8,13,16H,3-4,6,9-10H2,1-2H3. The molecule has 1 unspecified atom stereocenters. The SMILES string of the molecule is CCC(CO)(CCCSc1ncccn1)NC. The van der Waals surface area contributed by atoms with Gasteiger partial charge in [0.05, 0.1) is 6.61 Å². The summed E-state index contributed by atoms with van der Waals surface area (Å²) >= 11 is 1.66. The Morgan fingerprint density at radius 3 is 2.65 bits per heavy atom. The first kappa shape index (κ1) is 14.4. The Labute approximate surface area is 107 Å². The van der Waals surface area contributed by atoms with Crippen LogP contribution in [-0.4, -0.2) is 40.0 Å². The van der Waals surface area contributed by atoms with Crippen LogP contribution < -0.4 is 5.32 Å². The third-order valence-electron chi connectivity index (χ3n) is 3.08. The van der Waals surface area contributed by atoms with Gasteiger partial charge in [-0.05, 0) is 32.4 Å². The lowest BCUT2D eigenvalue weighted by Crippen LogP contribution is -2.45. The highest BCUT2D eigenvalue weighted by atomic mass is 32.2. The van der Waals surface area contributed by atoms with Crippen molar-refractivity contribution in [2.24, 2.45) is 0 Å². The lowest BCUT2D eigenvalue weighted by molar-refractivity contribution is 0.154. The lowest BCUT2D eigenvalue weighted by atomic mass is 9.92. The number of aromatic nitrogens is 2. The van der Waals surface area contributed by atoms with E-state index in [1.807, 2.05) is 13.1 Å². The predicted molar refractivity (Wildman–Crippen MR) is 71.2 cm³/mol. The molecular formula is C12H21N3OS. The van der Waals surface area contributed by atoms with Crippen molar-refractivity contribution in [1.29, 1.82) is 0 Å². The average Bonchev–Trinajstić information content (AvgIpc) is 2.41. The Morgan fingerprint density at radius 1 is 1.41 bits per heavy atom. The molecule has 1 heterocycles. The van der Waals surface area contributed by atoms with Crippen molar-refractivity contribution >= 4 is 11.8 Å². The normalized spacial score (nSPS) is 14.5. The predicted octanol–water partition coefficient (Wildman–Crippen LogP) is 1.71. The van der Waals surface area contributed by atoms with Crippen LogP contribution in [0, 0.1) is 0 Å². The fraction of sp³-hybridized carbons (Fsp3) is 0.667. The van der Waals surface area contributed by atoms with E-state index >= 15 is 0 Å². The van der Waals surface area contributed by atoms with E-state index in [4.69, 9.17) is 0 Å². The Bertz CT molecular complexity index is 296. The highest BCUT2D eigenvalue weighted by molar-refractivity contribution is 7.99. The zero-order valence-electron chi connectivity index (χ0n) is 10.5. The van der Waals surface area contributed by atoms with Crippen LogP contribution in [0.2, 0.25) is 0 Å². The molecule has 2 N–H and O–H groups in total. The molecule has 0 spiro atoms. The van der Waals surface area contributed by atoms with Gasteiger partial charge < -0.3 is 10.4 Å². The lowest BCUT2D eigenvalue weighted by Gasteiger charge is -2.30. The number of hydrogen-bond acceptors (Lipinski definition) is 5. The molecular weight excluding hydrogens is 234 g/mol. The van der Waals surface area contributed by atoms with Crippen LogP contribution in [0.25, 0.3) is 0 Å². The van der Waals surface area contributed by atoms with Gasteiger partial charge in [0.15, 0.2) is 5.16 Å². The first-order valence-corrected chi connectivity index (χ1v) is 6.94. The molecule has 0 saturated carbocycles. The quantitative estimate of drug-likeness (QED) is 0.421. The molecule has 4 nitrogen and oxygen atoms in total. The molecule has 1 rings (SSSR count). The Hall–Kier alpha value is -0.650. The zero-order valence-corrected chi connectivity index (χ0v) is 11.3. The van der Waals surface area contributed by atoms with Gasteiger partial charge in [0.1, 0.15) is 0 Å². The van der Waals surface area contributed by atoms with Crippen LogP contribution in [0.5, 0.6) is 0 Å². The number of nitrogens with zero attached hydrogens (tertiary/aromatic N) is 2. The fourth-order valence-electron chi connectivity index (χ4n) is 1.68. The van der Waals surface area contributed by atoms with Crippen LogP contribution >= 0.6 is 11.8 Å². The summed E-state index contributed by atoms with van der Waals surface area (Å²) in [4.78, 5) is 8.32. The number of aliphatic hydroxyl groups excluding tert-OH is 1. The molecule has 0 aliphatic rings. The molecule has 1 atom stereocenters. The fourth-order valence-corrected chi connectivity index (χ4v) is 2.42. The van der Waals surface area contributed by atoms with E-state index in [1.54, 1.807) is 24.2 Å². The number of aliphatic hydroxyl groups is 1. The summed E-state index contributed by atoms with van der Waals surface area (Å²) in [5, 5.41) is 13.4. The summed E-state index contributed by atoms with van der Waals surface area (Å²) in [5.74, 6) is 0.980. The van der Waals surface area contributed by atoms with Gasteiger partial charge in [-0.3, -0.25) is 0 Å². The van der Waals surface area contributed by atoms with Crippen molar-refractivity contribution in [3.05, 3.63) is 18.5 Å². The highest BCUT2D eigenvalue weighted by Crippen LogP contribution is 2.20. The molecule has 0 aliphatic heterocycles. The number of nitrogens with one attached hydrogen (secondary N) is 1. The van der Waals surface area contributed by atoms with Crippen LogP contribution in [0.3, 0.4) is 0 Å². The molecule has 17 heavy (non-hydrogen) atoms. The van der Waals surface area contributed by atoms with Crippen molar-refractivity contribution in [2.75, 3.05) is 19.4 Å². The second-order valence-electron chi connectivity index (χ2n) is 4.03. The van der Waals surface area contributed by atoms with Gasteiger partial charge in [-0.15, -0.1) is 0 Å². The molecule has 0 bridgehead atoms. The van der Waals surface area contributed by atoms with Gasteiger partial charge in [0, 0.05) is 23.7 Å². The number of hydrogen-bond donors (Lipinski definition) is 2. The second kappa shape index (κ2) is 7.63. The maximum atomic E-state index is 9.40. The van der Waals surface area contributed by atoms with Crippen LogP contribution in [0.1, 0.15) is 26.2 Å². The molecule has 5 heteroatoms. The van der Waals surface area contributed by atoms with Crippen molar-refractivity contribution < 1.29 is 5.11 Å². The Kier molecular flexibility index (Phi) is 6.47. The minimum Gasteiger partial charge on any atom is -0.394 e. The van der Waals surface area contributed by atoms with Crippen molar-refractivity contribution in [2.45, 2.75) is 36.9 Å². The van der Waals surface area contributed by atoms with E-state index < -0.39 is 0 Å². The van der Waals surface area contributed by atoms with Crippen LogP contribution in [0.15, 0.2) is 23.6 Å². The third kappa shape index (κ3) is 4.61. The van der Waals surface area contributed by atoms with E-state index in [0.29, 0.717) is 0 Å². The highest BCUT2D eigenvalue weighted by Gasteiger charge is 2.24. The maximum Gasteiger partial charge on any atom is 0.187 e. The molecule has 0 aromatic carbocycles. The molecule has 1 aromatic rings. The maximum absolute atomic E-state index is 9.40. The monoisotopic (exact) mass is 255 g/mol. The van der Waals surface area contributed by atoms with Crippen LogP contribution in [-0.2, 0) is 0 Å². The first-order chi connectivity index (χ1) is 8.26. The minimum atomic E-state index is -0.127. The van der Waals surface area contributed by atoms with Crippen molar-refractivity contribution in [1.82, 2.24) is 15.3 Å². The van der Waals surface area contributed by atoms with Gasteiger partial charge in [-0.25, -0.2) is 9.97 Å². The largest absolute Gasteiger partial charge is 0.394 e. The van der Waals surface area contributed by atoms with Gasteiger partial charge in [0.25, 0.3) is 0 Å². The molecule has 0 amide bonds. The molecule has 0 aliphatic carbocycles. The topological polar surface area (TPSA) is 58.0 Å². The van der Waals surface area contributed by atoms with E-state index in [2.05, 4.69) is 22.2 Å². The van der Waals surface area contributed by atoms with E-state index in [0.717, 1.165) is 30.2 Å². The summed E-state index contributed by atoms with van der Waals surface area (Å²) in [7, 11) is 1.91. The summed E-state index contributed by atoms with van der Waals surface area (Å²) < 4.78 is 0. The summed E-state index contributed by atoms with van der Waals surface area (Å²) in [5.41, 5.74) is -0.127. The van der Waals surface area contributed by atoms with Gasteiger partial charge in [-0.2, -0.15) is 0 Å². The first-order valence-electron chi connectivity index (χ1n) is 5.96. The van der Waals surface area contributed by atoms with Crippen molar-refractivity contribution in [3.63, 3.8) is 0 Å². The summed E-state index contributed by atoms with van der Waals surface area (Å²) in [6.07, 6.45) is 6.46.